The van der Waals surface area contributed by atoms with Crippen molar-refractivity contribution in [2.24, 2.45) is 5.92 Å². The summed E-state index contributed by atoms with van der Waals surface area (Å²) in [5, 5.41) is 0. The molecule has 0 radical (unpaired) electrons. The van der Waals surface area contributed by atoms with Crippen LogP contribution in [0.5, 0.6) is 0 Å². The van der Waals surface area contributed by atoms with E-state index in [0.717, 1.165) is 12.5 Å². The molecule has 0 aromatic heterocycles. The number of hydrogen-bond donors (Lipinski definition) is 0. The first-order valence-electron chi connectivity index (χ1n) is 6.86. The van der Waals surface area contributed by atoms with Gasteiger partial charge in [-0.2, -0.15) is 0 Å². The lowest BCUT2D eigenvalue weighted by atomic mass is 10.1. The average Bonchev–Trinajstić information content (AvgIpc) is 2.98. The second-order valence-electron chi connectivity index (χ2n) is 5.40. The minimum absolute atomic E-state index is 0.402. The minimum atomic E-state index is -1.39. The van der Waals surface area contributed by atoms with Crippen molar-refractivity contribution in [3.05, 3.63) is 0 Å². The zero-order chi connectivity index (χ0) is 12.2. The van der Waals surface area contributed by atoms with Gasteiger partial charge in [0.2, 0.25) is 0 Å². The van der Waals surface area contributed by atoms with Crippen molar-refractivity contribution in [2.75, 3.05) is 6.61 Å². The standard InChI is InChI=1S/C13H28O2Si/c1-6-16(7-2,8-3)14-10-13-12(15-13)9-11(4)5/h11-13H,6-10H2,1-5H3/t12-,13-/m1/s1. The summed E-state index contributed by atoms with van der Waals surface area (Å²) in [7, 11) is -1.39. The molecular weight excluding hydrogens is 216 g/mol. The van der Waals surface area contributed by atoms with Gasteiger partial charge in [0.1, 0.15) is 6.10 Å². The summed E-state index contributed by atoms with van der Waals surface area (Å²) in [4.78, 5) is 0. The fourth-order valence-electron chi connectivity index (χ4n) is 2.31. The fourth-order valence-corrected chi connectivity index (χ4v) is 4.94. The quantitative estimate of drug-likeness (QED) is 0.478. The zero-order valence-electron chi connectivity index (χ0n) is 11.6. The Morgan fingerprint density at radius 3 is 2.06 bits per heavy atom. The van der Waals surface area contributed by atoms with Crippen molar-refractivity contribution in [2.45, 2.75) is 71.4 Å². The lowest BCUT2D eigenvalue weighted by molar-refractivity contribution is 0.247. The first kappa shape index (κ1) is 14.2. The summed E-state index contributed by atoms with van der Waals surface area (Å²) in [5.41, 5.74) is 0. The average molecular weight is 244 g/mol. The summed E-state index contributed by atoms with van der Waals surface area (Å²) < 4.78 is 11.9. The van der Waals surface area contributed by atoms with Crippen molar-refractivity contribution in [3.63, 3.8) is 0 Å². The van der Waals surface area contributed by atoms with Crippen molar-refractivity contribution in [1.29, 1.82) is 0 Å². The maximum Gasteiger partial charge on any atom is 0.192 e. The van der Waals surface area contributed by atoms with Gasteiger partial charge in [-0.3, -0.25) is 0 Å². The maximum absolute atomic E-state index is 6.23. The van der Waals surface area contributed by atoms with Gasteiger partial charge in [0, 0.05) is 0 Å². The van der Waals surface area contributed by atoms with E-state index in [1.165, 1.54) is 24.6 Å². The molecule has 1 aliphatic heterocycles. The molecule has 0 unspecified atom stereocenters. The Kier molecular flexibility index (Phi) is 5.48. The highest BCUT2D eigenvalue weighted by molar-refractivity contribution is 6.73. The van der Waals surface area contributed by atoms with Crippen LogP contribution in [-0.4, -0.2) is 27.1 Å². The molecular formula is C13H28O2Si. The number of rotatable bonds is 8. The topological polar surface area (TPSA) is 21.8 Å². The van der Waals surface area contributed by atoms with Gasteiger partial charge in [-0.1, -0.05) is 34.6 Å². The molecule has 1 rings (SSSR count). The molecule has 3 heteroatoms. The zero-order valence-corrected chi connectivity index (χ0v) is 12.6. The van der Waals surface area contributed by atoms with Crippen molar-refractivity contribution < 1.29 is 9.16 Å². The molecule has 1 fully saturated rings. The SMILES string of the molecule is CC[Si](CC)(CC)OC[C@H]1O[C@@H]1CC(C)C. The summed E-state index contributed by atoms with van der Waals surface area (Å²) in [6, 6.07) is 3.71. The minimum Gasteiger partial charge on any atom is -0.414 e. The summed E-state index contributed by atoms with van der Waals surface area (Å²) in [6.45, 7) is 12.2. The van der Waals surface area contributed by atoms with Gasteiger partial charge in [0.15, 0.2) is 8.32 Å². The van der Waals surface area contributed by atoms with Crippen molar-refractivity contribution >= 4 is 8.32 Å². The van der Waals surface area contributed by atoms with E-state index in [1.807, 2.05) is 0 Å². The van der Waals surface area contributed by atoms with E-state index in [2.05, 4.69) is 34.6 Å². The van der Waals surface area contributed by atoms with Gasteiger partial charge < -0.3 is 9.16 Å². The number of epoxide rings is 1. The smallest absolute Gasteiger partial charge is 0.192 e. The Morgan fingerprint density at radius 2 is 1.62 bits per heavy atom. The first-order chi connectivity index (χ1) is 7.56. The van der Waals surface area contributed by atoms with Gasteiger partial charge in [0.05, 0.1) is 12.7 Å². The Bertz CT molecular complexity index is 194. The summed E-state index contributed by atoms with van der Waals surface area (Å²) in [5.74, 6) is 0.737. The molecule has 1 saturated heterocycles. The third kappa shape index (κ3) is 3.86. The van der Waals surface area contributed by atoms with Crippen LogP contribution in [0.4, 0.5) is 0 Å². The molecule has 96 valence electrons. The van der Waals surface area contributed by atoms with Gasteiger partial charge in [-0.15, -0.1) is 0 Å². The first-order valence-corrected chi connectivity index (χ1v) is 9.39. The highest BCUT2D eigenvalue weighted by atomic mass is 28.4. The second kappa shape index (κ2) is 6.17. The van der Waals surface area contributed by atoms with Crippen molar-refractivity contribution in [3.8, 4) is 0 Å². The monoisotopic (exact) mass is 244 g/mol. The van der Waals surface area contributed by atoms with Gasteiger partial charge in [-0.05, 0) is 30.5 Å². The lowest BCUT2D eigenvalue weighted by Crippen LogP contribution is -2.37. The van der Waals surface area contributed by atoms with E-state index < -0.39 is 8.32 Å². The molecule has 1 heterocycles. The number of hydrogen-bond acceptors (Lipinski definition) is 2. The molecule has 16 heavy (non-hydrogen) atoms. The Hall–Kier alpha value is 0.137. The van der Waals surface area contributed by atoms with E-state index in [4.69, 9.17) is 9.16 Å². The molecule has 0 aromatic carbocycles. The Balaban J connectivity index is 2.25. The van der Waals surface area contributed by atoms with Crippen LogP contribution in [0.2, 0.25) is 18.1 Å². The lowest BCUT2D eigenvalue weighted by Gasteiger charge is -2.27. The largest absolute Gasteiger partial charge is 0.414 e. The van der Waals surface area contributed by atoms with Crippen LogP contribution in [-0.2, 0) is 9.16 Å². The molecule has 0 bridgehead atoms. The second-order valence-corrected chi connectivity index (χ2v) is 10.2. The molecule has 0 aromatic rings. The van der Waals surface area contributed by atoms with E-state index in [9.17, 15) is 0 Å². The Labute approximate surface area is 102 Å². The molecule has 0 amide bonds. The van der Waals surface area contributed by atoms with Crippen molar-refractivity contribution in [1.82, 2.24) is 0 Å². The van der Waals surface area contributed by atoms with E-state index in [0.29, 0.717) is 12.2 Å². The Morgan fingerprint density at radius 1 is 1.06 bits per heavy atom. The van der Waals surface area contributed by atoms with Crippen LogP contribution in [0.15, 0.2) is 0 Å². The number of ether oxygens (including phenoxy) is 1. The van der Waals surface area contributed by atoms with Crippen LogP contribution in [0.25, 0.3) is 0 Å². The predicted octanol–water partition coefficient (Wildman–Crippen LogP) is 3.82. The van der Waals surface area contributed by atoms with Gasteiger partial charge in [-0.25, -0.2) is 0 Å². The third-order valence-electron chi connectivity index (χ3n) is 3.88. The van der Waals surface area contributed by atoms with E-state index in [1.54, 1.807) is 0 Å². The van der Waals surface area contributed by atoms with Crippen LogP contribution in [0, 0.1) is 5.92 Å². The van der Waals surface area contributed by atoms with Crippen LogP contribution >= 0.6 is 0 Å². The molecule has 1 aliphatic rings. The summed E-state index contributed by atoms with van der Waals surface area (Å²) in [6.07, 6.45) is 2.07. The molecule has 2 nitrogen and oxygen atoms in total. The third-order valence-corrected chi connectivity index (χ3v) is 8.52. The highest BCUT2D eigenvalue weighted by Crippen LogP contribution is 2.31. The van der Waals surface area contributed by atoms with Crippen LogP contribution in [0.3, 0.4) is 0 Å². The fraction of sp³-hybridized carbons (Fsp3) is 1.00. The van der Waals surface area contributed by atoms with Crippen LogP contribution in [0.1, 0.15) is 41.0 Å². The van der Waals surface area contributed by atoms with Gasteiger partial charge >= 0.3 is 0 Å². The maximum atomic E-state index is 6.23. The molecule has 2 atom stereocenters. The highest BCUT2D eigenvalue weighted by Gasteiger charge is 2.41. The van der Waals surface area contributed by atoms with Crippen LogP contribution < -0.4 is 0 Å². The van der Waals surface area contributed by atoms with E-state index >= 15 is 0 Å². The molecule has 0 aliphatic carbocycles. The van der Waals surface area contributed by atoms with E-state index in [-0.39, 0.29) is 0 Å². The predicted molar refractivity (Wildman–Crippen MR) is 71.3 cm³/mol. The van der Waals surface area contributed by atoms with Gasteiger partial charge in [0.25, 0.3) is 0 Å². The normalized spacial score (nSPS) is 25.1. The summed E-state index contributed by atoms with van der Waals surface area (Å²) >= 11 is 0. The molecule has 0 N–H and O–H groups in total. The molecule has 0 spiro atoms. The molecule has 0 saturated carbocycles.